The summed E-state index contributed by atoms with van der Waals surface area (Å²) >= 11 is 0. The number of hydrogen-bond donors (Lipinski definition) is 0. The molecule has 0 N–H and O–H groups in total. The summed E-state index contributed by atoms with van der Waals surface area (Å²) in [5.41, 5.74) is 0.285. The van der Waals surface area contributed by atoms with E-state index in [4.69, 9.17) is 13.3 Å². The Morgan fingerprint density at radius 3 is 1.67 bits per heavy atom. The molecule has 0 aromatic rings. The molecule has 0 unspecified atom stereocenters. The minimum Gasteiger partial charge on any atom is -0.377 e. The van der Waals surface area contributed by atoms with Crippen molar-refractivity contribution in [2.75, 3.05) is 21.3 Å². The molecule has 0 rings (SSSR count). The molecule has 24 heavy (non-hydrogen) atoms. The second-order valence-electron chi connectivity index (χ2n) is 7.06. The van der Waals surface area contributed by atoms with E-state index in [2.05, 4.69) is 13.8 Å². The maximum Gasteiger partial charge on any atom is 0.500 e. The van der Waals surface area contributed by atoms with Gasteiger partial charge in [0.05, 0.1) is 0 Å². The van der Waals surface area contributed by atoms with Crippen molar-refractivity contribution in [3.05, 3.63) is 0 Å². The van der Waals surface area contributed by atoms with Crippen LogP contribution in [0.1, 0.15) is 85.0 Å². The maximum atomic E-state index is 11.6. The number of unbranched alkanes of at least 4 members (excludes halogenated alkanes) is 2. The molecule has 0 aromatic carbocycles. The van der Waals surface area contributed by atoms with Gasteiger partial charge in [-0.3, -0.25) is 0 Å². The van der Waals surface area contributed by atoms with Crippen molar-refractivity contribution in [1.29, 1.82) is 0 Å². The standard InChI is InChI=1S/C19H40O4Si/c1-7-9-13-19(14-10-8-2,16-12-18(3)20)15-11-17-24(21-4,22-5)23-6/h7-17H2,1-6H3. The second-order valence-corrected chi connectivity index (χ2v) is 10.1. The van der Waals surface area contributed by atoms with Crippen molar-refractivity contribution in [1.82, 2.24) is 0 Å². The molecule has 0 saturated carbocycles. The zero-order chi connectivity index (χ0) is 18.5. The average molecular weight is 361 g/mol. The quantitative estimate of drug-likeness (QED) is 0.347. The van der Waals surface area contributed by atoms with E-state index in [1.54, 1.807) is 28.3 Å². The Balaban J connectivity index is 4.94. The van der Waals surface area contributed by atoms with Crippen molar-refractivity contribution >= 4 is 14.6 Å². The van der Waals surface area contributed by atoms with Crippen molar-refractivity contribution in [2.24, 2.45) is 5.41 Å². The summed E-state index contributed by atoms with van der Waals surface area (Å²) in [6.07, 6.45) is 11.2. The smallest absolute Gasteiger partial charge is 0.377 e. The Hall–Kier alpha value is -0.233. The number of carbonyl (C=O) groups excluding carboxylic acids is 1. The topological polar surface area (TPSA) is 44.8 Å². The molecule has 0 aromatic heterocycles. The van der Waals surface area contributed by atoms with Crippen molar-refractivity contribution < 1.29 is 18.1 Å². The van der Waals surface area contributed by atoms with Gasteiger partial charge in [-0.2, -0.15) is 0 Å². The summed E-state index contributed by atoms with van der Waals surface area (Å²) in [5, 5.41) is 0. The minimum atomic E-state index is -2.49. The zero-order valence-corrected chi connectivity index (χ0v) is 17.9. The fourth-order valence-corrected chi connectivity index (χ4v) is 5.25. The van der Waals surface area contributed by atoms with Crippen molar-refractivity contribution in [3.8, 4) is 0 Å². The molecule has 4 nitrogen and oxygen atoms in total. The summed E-state index contributed by atoms with van der Waals surface area (Å²) in [4.78, 5) is 11.6. The van der Waals surface area contributed by atoms with Gasteiger partial charge in [0.25, 0.3) is 0 Å². The van der Waals surface area contributed by atoms with Crippen LogP contribution < -0.4 is 0 Å². The molecule has 0 atom stereocenters. The van der Waals surface area contributed by atoms with Crippen LogP contribution in [0.3, 0.4) is 0 Å². The largest absolute Gasteiger partial charge is 0.500 e. The maximum absolute atomic E-state index is 11.6. The molecule has 0 aliphatic rings. The Labute approximate surface area is 151 Å². The van der Waals surface area contributed by atoms with Gasteiger partial charge in [0.15, 0.2) is 0 Å². The number of ketones is 1. The van der Waals surface area contributed by atoms with Gasteiger partial charge < -0.3 is 18.1 Å². The molecule has 0 heterocycles. The van der Waals surface area contributed by atoms with Crippen LogP contribution >= 0.6 is 0 Å². The first-order valence-corrected chi connectivity index (χ1v) is 11.5. The lowest BCUT2D eigenvalue weighted by Gasteiger charge is -2.35. The van der Waals surface area contributed by atoms with Crippen LogP contribution in [0.4, 0.5) is 0 Å². The Kier molecular flexibility index (Phi) is 12.9. The van der Waals surface area contributed by atoms with E-state index in [-0.39, 0.29) is 5.41 Å². The van der Waals surface area contributed by atoms with Gasteiger partial charge in [-0.1, -0.05) is 39.5 Å². The van der Waals surface area contributed by atoms with E-state index in [0.717, 1.165) is 25.3 Å². The second kappa shape index (κ2) is 13.0. The first kappa shape index (κ1) is 23.8. The molecule has 0 fully saturated rings. The van der Waals surface area contributed by atoms with Crippen molar-refractivity contribution in [3.63, 3.8) is 0 Å². The summed E-state index contributed by atoms with van der Waals surface area (Å²) in [5.74, 6) is 0.307. The minimum absolute atomic E-state index is 0.285. The lowest BCUT2D eigenvalue weighted by atomic mass is 9.71. The Morgan fingerprint density at radius 1 is 0.833 bits per heavy atom. The summed E-state index contributed by atoms with van der Waals surface area (Å²) in [6, 6.07) is 0.844. The number of Topliss-reactive ketones (excluding diaryl/α,β-unsaturated/α-hetero) is 1. The van der Waals surface area contributed by atoms with E-state index in [0.29, 0.717) is 12.2 Å². The lowest BCUT2D eigenvalue weighted by Crippen LogP contribution is -2.42. The Bertz CT molecular complexity index is 313. The fraction of sp³-hybridized carbons (Fsp3) is 0.947. The molecule has 0 bridgehead atoms. The number of hydrogen-bond acceptors (Lipinski definition) is 4. The first-order chi connectivity index (χ1) is 11.4. The zero-order valence-electron chi connectivity index (χ0n) is 16.9. The Morgan fingerprint density at radius 2 is 1.29 bits per heavy atom. The van der Waals surface area contributed by atoms with E-state index in [1.165, 1.54) is 38.5 Å². The molecule has 0 aliphatic heterocycles. The van der Waals surface area contributed by atoms with E-state index in [1.807, 2.05) is 0 Å². The predicted octanol–water partition coefficient (Wildman–Crippen LogP) is 5.38. The average Bonchev–Trinajstić information content (AvgIpc) is 2.60. The highest BCUT2D eigenvalue weighted by Crippen LogP contribution is 2.41. The monoisotopic (exact) mass is 360 g/mol. The third-order valence-electron chi connectivity index (χ3n) is 5.25. The molecule has 5 heteroatoms. The highest BCUT2D eigenvalue weighted by atomic mass is 28.4. The van der Waals surface area contributed by atoms with Crippen molar-refractivity contribution in [2.45, 2.75) is 91.0 Å². The third kappa shape index (κ3) is 8.74. The highest BCUT2D eigenvalue weighted by Gasteiger charge is 2.38. The van der Waals surface area contributed by atoms with Crippen LogP contribution in [0.2, 0.25) is 6.04 Å². The highest BCUT2D eigenvalue weighted by molar-refractivity contribution is 6.60. The molecule has 0 aliphatic carbocycles. The lowest BCUT2D eigenvalue weighted by molar-refractivity contribution is -0.117. The van der Waals surface area contributed by atoms with Gasteiger partial charge in [0.1, 0.15) is 5.78 Å². The number of rotatable bonds is 16. The summed E-state index contributed by atoms with van der Waals surface area (Å²) < 4.78 is 16.7. The van der Waals surface area contributed by atoms with Crippen LogP contribution in [0.15, 0.2) is 0 Å². The van der Waals surface area contributed by atoms with Gasteiger partial charge in [-0.05, 0) is 44.4 Å². The fourth-order valence-electron chi connectivity index (χ4n) is 3.53. The molecule has 0 amide bonds. The van der Waals surface area contributed by atoms with E-state index >= 15 is 0 Å². The van der Waals surface area contributed by atoms with Crippen LogP contribution in [0.5, 0.6) is 0 Å². The molecule has 0 spiro atoms. The SMILES string of the molecule is CCCCC(CCCC)(CCC[Si](OC)(OC)OC)CCC(C)=O. The van der Waals surface area contributed by atoms with Crippen LogP contribution in [-0.4, -0.2) is 35.9 Å². The molecule has 0 radical (unpaired) electrons. The first-order valence-electron chi connectivity index (χ1n) is 9.58. The van der Waals surface area contributed by atoms with Crippen LogP contribution in [-0.2, 0) is 18.1 Å². The number of carbonyl (C=O) groups is 1. The van der Waals surface area contributed by atoms with E-state index in [9.17, 15) is 4.79 Å². The van der Waals surface area contributed by atoms with Gasteiger partial charge in [-0.25, -0.2) is 0 Å². The van der Waals surface area contributed by atoms with Gasteiger partial charge in [0, 0.05) is 33.8 Å². The molecular formula is C19H40O4Si. The molecule has 0 saturated heterocycles. The molecule has 144 valence electrons. The molecular weight excluding hydrogens is 320 g/mol. The van der Waals surface area contributed by atoms with Gasteiger partial charge >= 0.3 is 8.80 Å². The summed E-state index contributed by atoms with van der Waals surface area (Å²) in [6.45, 7) is 6.20. The normalized spacial score (nSPS) is 12.6. The van der Waals surface area contributed by atoms with Crippen LogP contribution in [0.25, 0.3) is 0 Å². The predicted molar refractivity (Wildman–Crippen MR) is 102 cm³/mol. The third-order valence-corrected chi connectivity index (χ3v) is 8.08. The van der Waals surface area contributed by atoms with Gasteiger partial charge in [-0.15, -0.1) is 0 Å². The van der Waals surface area contributed by atoms with Crippen LogP contribution in [0, 0.1) is 5.41 Å². The summed E-state index contributed by atoms with van der Waals surface area (Å²) in [7, 11) is 2.54. The van der Waals surface area contributed by atoms with Gasteiger partial charge in [0.2, 0.25) is 0 Å². The van der Waals surface area contributed by atoms with E-state index < -0.39 is 8.80 Å².